The SMILES string of the molecule is O=C(NC1CC2CNC1C2)c1ccc(Oc2cccc(Cl)c2)cc1. The number of rotatable bonds is 4. The van der Waals surface area contributed by atoms with Gasteiger partial charge in [0.15, 0.2) is 0 Å². The van der Waals surface area contributed by atoms with E-state index in [0.717, 1.165) is 13.0 Å². The maximum Gasteiger partial charge on any atom is 0.251 e. The van der Waals surface area contributed by atoms with Crippen molar-refractivity contribution in [3.63, 3.8) is 0 Å². The first kappa shape index (κ1) is 15.5. The van der Waals surface area contributed by atoms with E-state index < -0.39 is 0 Å². The Morgan fingerprint density at radius 2 is 1.96 bits per heavy atom. The largest absolute Gasteiger partial charge is 0.457 e. The minimum absolute atomic E-state index is 0.0244. The minimum atomic E-state index is -0.0244. The van der Waals surface area contributed by atoms with Crippen LogP contribution in [0.4, 0.5) is 0 Å². The third-order valence-corrected chi connectivity index (χ3v) is 5.03. The van der Waals surface area contributed by atoms with Crippen molar-refractivity contribution in [2.24, 2.45) is 5.92 Å². The van der Waals surface area contributed by atoms with E-state index in [1.807, 2.05) is 12.1 Å². The molecular formula is C19H19ClN2O2. The van der Waals surface area contributed by atoms with Crippen molar-refractivity contribution in [2.75, 3.05) is 6.54 Å². The molecule has 4 nitrogen and oxygen atoms in total. The molecule has 1 saturated heterocycles. The molecule has 0 radical (unpaired) electrons. The molecule has 1 heterocycles. The van der Waals surface area contributed by atoms with E-state index in [1.165, 1.54) is 6.42 Å². The zero-order valence-corrected chi connectivity index (χ0v) is 13.9. The summed E-state index contributed by atoms with van der Waals surface area (Å²) in [5, 5.41) is 7.23. The zero-order chi connectivity index (χ0) is 16.5. The molecule has 1 aliphatic carbocycles. The van der Waals surface area contributed by atoms with E-state index in [9.17, 15) is 4.79 Å². The summed E-state index contributed by atoms with van der Waals surface area (Å²) in [4.78, 5) is 12.4. The van der Waals surface area contributed by atoms with Crippen molar-refractivity contribution in [1.82, 2.24) is 10.6 Å². The Morgan fingerprint density at radius 3 is 2.62 bits per heavy atom. The summed E-state index contributed by atoms with van der Waals surface area (Å²) >= 11 is 5.95. The lowest BCUT2D eigenvalue weighted by Gasteiger charge is -2.24. The monoisotopic (exact) mass is 342 g/mol. The predicted molar refractivity (Wildman–Crippen MR) is 93.7 cm³/mol. The van der Waals surface area contributed by atoms with Gasteiger partial charge in [-0.15, -0.1) is 0 Å². The van der Waals surface area contributed by atoms with Crippen LogP contribution in [-0.2, 0) is 0 Å². The van der Waals surface area contributed by atoms with Gasteiger partial charge in [-0.2, -0.15) is 0 Å². The second kappa shape index (κ2) is 6.46. The molecule has 1 saturated carbocycles. The van der Waals surface area contributed by atoms with Crippen LogP contribution >= 0.6 is 11.6 Å². The van der Waals surface area contributed by atoms with Gasteiger partial charge in [-0.25, -0.2) is 0 Å². The van der Waals surface area contributed by atoms with Gasteiger partial charge in [0.05, 0.1) is 0 Å². The van der Waals surface area contributed by atoms with Crippen LogP contribution in [0.15, 0.2) is 48.5 Å². The molecule has 2 bridgehead atoms. The molecule has 2 fully saturated rings. The molecule has 1 amide bonds. The van der Waals surface area contributed by atoms with E-state index in [0.29, 0.717) is 34.0 Å². The van der Waals surface area contributed by atoms with Gasteiger partial charge in [0.1, 0.15) is 11.5 Å². The molecule has 124 valence electrons. The first-order valence-electron chi connectivity index (χ1n) is 8.25. The van der Waals surface area contributed by atoms with Gasteiger partial charge in [-0.05, 0) is 67.8 Å². The molecule has 4 rings (SSSR count). The van der Waals surface area contributed by atoms with E-state index >= 15 is 0 Å². The van der Waals surface area contributed by atoms with Gasteiger partial charge in [0, 0.05) is 22.7 Å². The Bertz CT molecular complexity index is 747. The molecule has 0 aromatic heterocycles. The van der Waals surface area contributed by atoms with E-state index in [2.05, 4.69) is 10.6 Å². The van der Waals surface area contributed by atoms with Crippen molar-refractivity contribution < 1.29 is 9.53 Å². The van der Waals surface area contributed by atoms with E-state index in [-0.39, 0.29) is 11.9 Å². The van der Waals surface area contributed by atoms with Gasteiger partial charge in [0.2, 0.25) is 0 Å². The van der Waals surface area contributed by atoms with Crippen molar-refractivity contribution in [2.45, 2.75) is 24.9 Å². The fraction of sp³-hybridized carbons (Fsp3) is 0.316. The third kappa shape index (κ3) is 3.25. The van der Waals surface area contributed by atoms with Gasteiger partial charge >= 0.3 is 0 Å². The number of hydrogen-bond acceptors (Lipinski definition) is 3. The highest BCUT2D eigenvalue weighted by molar-refractivity contribution is 6.30. The maximum atomic E-state index is 12.4. The second-order valence-corrected chi connectivity index (χ2v) is 6.95. The molecule has 5 heteroatoms. The summed E-state index contributed by atoms with van der Waals surface area (Å²) in [7, 11) is 0. The molecule has 1 aliphatic heterocycles. The summed E-state index contributed by atoms with van der Waals surface area (Å²) in [5.74, 6) is 2.04. The topological polar surface area (TPSA) is 50.4 Å². The van der Waals surface area contributed by atoms with E-state index in [1.54, 1.807) is 36.4 Å². The summed E-state index contributed by atoms with van der Waals surface area (Å²) in [6.07, 6.45) is 2.26. The molecule has 0 spiro atoms. The Kier molecular flexibility index (Phi) is 4.17. The Balaban J connectivity index is 1.39. The number of amides is 1. The highest BCUT2D eigenvalue weighted by atomic mass is 35.5. The number of carbonyl (C=O) groups is 1. The summed E-state index contributed by atoms with van der Waals surface area (Å²) in [6, 6.07) is 15.1. The first-order chi connectivity index (χ1) is 11.7. The van der Waals surface area contributed by atoms with Gasteiger partial charge in [0.25, 0.3) is 5.91 Å². The van der Waals surface area contributed by atoms with Crippen molar-refractivity contribution in [1.29, 1.82) is 0 Å². The highest BCUT2D eigenvalue weighted by Crippen LogP contribution is 2.31. The van der Waals surface area contributed by atoms with Crippen LogP contribution in [0.1, 0.15) is 23.2 Å². The number of nitrogens with one attached hydrogen (secondary N) is 2. The average Bonchev–Trinajstić information content (AvgIpc) is 3.18. The van der Waals surface area contributed by atoms with Crippen molar-refractivity contribution in [3.05, 3.63) is 59.1 Å². The zero-order valence-electron chi connectivity index (χ0n) is 13.2. The van der Waals surface area contributed by atoms with Gasteiger partial charge in [-0.1, -0.05) is 17.7 Å². The maximum absolute atomic E-state index is 12.4. The lowest BCUT2D eigenvalue weighted by molar-refractivity contribution is 0.0928. The van der Waals surface area contributed by atoms with Gasteiger partial charge in [-0.3, -0.25) is 4.79 Å². The Hall–Kier alpha value is -2.04. The lowest BCUT2D eigenvalue weighted by atomic mass is 10.1. The fourth-order valence-corrected chi connectivity index (χ4v) is 3.79. The van der Waals surface area contributed by atoms with Crippen LogP contribution in [0, 0.1) is 5.92 Å². The molecule has 2 aromatic rings. The normalized spacial score (nSPS) is 24.8. The van der Waals surface area contributed by atoms with Gasteiger partial charge < -0.3 is 15.4 Å². The number of benzene rings is 2. The number of carbonyl (C=O) groups excluding carboxylic acids is 1. The predicted octanol–water partition coefficient (Wildman–Crippen LogP) is 3.61. The summed E-state index contributed by atoms with van der Waals surface area (Å²) < 4.78 is 5.74. The van der Waals surface area contributed by atoms with Crippen LogP contribution in [0.3, 0.4) is 0 Å². The molecule has 2 aliphatic rings. The first-order valence-corrected chi connectivity index (χ1v) is 8.63. The van der Waals surface area contributed by atoms with Crippen LogP contribution in [-0.4, -0.2) is 24.5 Å². The Morgan fingerprint density at radius 1 is 1.12 bits per heavy atom. The highest BCUT2D eigenvalue weighted by Gasteiger charge is 2.39. The number of ether oxygens (including phenoxy) is 1. The molecule has 24 heavy (non-hydrogen) atoms. The third-order valence-electron chi connectivity index (χ3n) is 4.79. The second-order valence-electron chi connectivity index (χ2n) is 6.52. The molecule has 3 atom stereocenters. The number of halogens is 1. The number of fused-ring (bicyclic) bond motifs is 2. The van der Waals surface area contributed by atoms with Crippen molar-refractivity contribution in [3.8, 4) is 11.5 Å². The fourth-order valence-electron chi connectivity index (χ4n) is 3.61. The average molecular weight is 343 g/mol. The molecule has 2 N–H and O–H groups in total. The Labute approximate surface area is 146 Å². The standard InChI is InChI=1S/C19H19ClN2O2/c20-14-2-1-3-16(10-14)24-15-6-4-13(5-7-15)19(23)22-18-9-12-8-17(18)21-11-12/h1-7,10,12,17-18,21H,8-9,11H2,(H,22,23). The molecule has 3 unspecified atom stereocenters. The van der Waals surface area contributed by atoms with Crippen LogP contribution in [0.25, 0.3) is 0 Å². The molecular weight excluding hydrogens is 324 g/mol. The molecule has 2 aromatic carbocycles. The quantitative estimate of drug-likeness (QED) is 0.892. The number of hydrogen-bond donors (Lipinski definition) is 2. The summed E-state index contributed by atoms with van der Waals surface area (Å²) in [5.41, 5.74) is 0.649. The minimum Gasteiger partial charge on any atom is -0.457 e. The summed E-state index contributed by atoms with van der Waals surface area (Å²) in [6.45, 7) is 1.09. The van der Waals surface area contributed by atoms with Crippen LogP contribution in [0.5, 0.6) is 11.5 Å². The lowest BCUT2D eigenvalue weighted by Crippen LogP contribution is -2.47. The van der Waals surface area contributed by atoms with Crippen molar-refractivity contribution >= 4 is 17.5 Å². The van der Waals surface area contributed by atoms with Crippen LogP contribution < -0.4 is 15.4 Å². The van der Waals surface area contributed by atoms with Crippen LogP contribution in [0.2, 0.25) is 5.02 Å². The number of piperidine rings is 1. The van der Waals surface area contributed by atoms with E-state index in [4.69, 9.17) is 16.3 Å². The smallest absolute Gasteiger partial charge is 0.251 e.